The van der Waals surface area contributed by atoms with E-state index in [9.17, 15) is 5.26 Å². The Morgan fingerprint density at radius 2 is 1.72 bits per heavy atom. The van der Waals surface area contributed by atoms with Gasteiger partial charge in [-0.05, 0) is 36.4 Å². The van der Waals surface area contributed by atoms with Crippen molar-refractivity contribution in [1.29, 1.82) is 5.26 Å². The van der Waals surface area contributed by atoms with Crippen LogP contribution >= 0.6 is 0 Å². The first kappa shape index (κ1) is 14.7. The van der Waals surface area contributed by atoms with Crippen molar-refractivity contribution in [2.75, 3.05) is 5.73 Å². The number of para-hydroxylation sites is 1. The fraction of sp³-hybridized carbons (Fsp3) is 0. The molecule has 0 bridgehead atoms. The molecule has 0 aliphatic heterocycles. The third-order valence-corrected chi connectivity index (χ3v) is 3.71. The van der Waals surface area contributed by atoms with Crippen molar-refractivity contribution in [3.8, 4) is 28.8 Å². The van der Waals surface area contributed by atoms with E-state index in [0.29, 0.717) is 28.3 Å². The maximum absolute atomic E-state index is 9.49. The number of rotatable bonds is 3. The molecule has 6 heteroatoms. The first-order valence-electron chi connectivity index (χ1n) is 7.62. The van der Waals surface area contributed by atoms with Crippen molar-refractivity contribution in [2.24, 2.45) is 0 Å². The van der Waals surface area contributed by atoms with Crippen LogP contribution in [0, 0.1) is 11.3 Å². The molecule has 0 spiro atoms. The Balaban J connectivity index is 1.71. The largest absolute Gasteiger partial charge is 0.457 e. The maximum Gasteiger partial charge on any atom is 0.173 e. The minimum atomic E-state index is 0.414. The highest BCUT2D eigenvalue weighted by molar-refractivity contribution is 5.75. The number of fused-ring (bicyclic) bond motifs is 1. The second-order valence-electron chi connectivity index (χ2n) is 5.43. The van der Waals surface area contributed by atoms with Crippen LogP contribution in [0.2, 0.25) is 0 Å². The number of nitrogens with zero attached hydrogens (tertiary/aromatic N) is 4. The molecule has 2 aromatic heterocycles. The van der Waals surface area contributed by atoms with Crippen LogP contribution in [0.25, 0.3) is 16.9 Å². The lowest BCUT2D eigenvalue weighted by Gasteiger charge is -2.05. The van der Waals surface area contributed by atoms with Crippen LogP contribution in [-0.4, -0.2) is 14.6 Å². The van der Waals surface area contributed by atoms with Crippen molar-refractivity contribution in [3.63, 3.8) is 0 Å². The number of ether oxygens (including phenoxy) is 1. The van der Waals surface area contributed by atoms with Crippen molar-refractivity contribution in [2.45, 2.75) is 0 Å². The van der Waals surface area contributed by atoms with Gasteiger partial charge >= 0.3 is 0 Å². The highest BCUT2D eigenvalue weighted by Crippen LogP contribution is 2.28. The highest BCUT2D eigenvalue weighted by Gasteiger charge is 2.15. The molecule has 4 rings (SSSR count). The Bertz CT molecular complexity index is 1080. The van der Waals surface area contributed by atoms with Gasteiger partial charge in [-0.3, -0.25) is 0 Å². The summed E-state index contributed by atoms with van der Waals surface area (Å²) >= 11 is 0. The molecule has 0 aliphatic carbocycles. The van der Waals surface area contributed by atoms with Gasteiger partial charge in [0.2, 0.25) is 0 Å². The van der Waals surface area contributed by atoms with Crippen molar-refractivity contribution in [1.82, 2.24) is 14.6 Å². The van der Waals surface area contributed by atoms with Crippen molar-refractivity contribution < 1.29 is 4.74 Å². The van der Waals surface area contributed by atoms with Gasteiger partial charge in [0.15, 0.2) is 5.65 Å². The summed E-state index contributed by atoms with van der Waals surface area (Å²) in [6.45, 7) is 0. The Hall–Kier alpha value is -3.85. The summed E-state index contributed by atoms with van der Waals surface area (Å²) in [5, 5.41) is 13.9. The lowest BCUT2D eigenvalue weighted by molar-refractivity contribution is 0.483. The van der Waals surface area contributed by atoms with E-state index in [0.717, 1.165) is 11.3 Å². The molecule has 0 saturated heterocycles. The van der Waals surface area contributed by atoms with Gasteiger partial charge in [-0.25, -0.2) is 9.50 Å². The van der Waals surface area contributed by atoms with E-state index in [1.54, 1.807) is 6.20 Å². The normalized spacial score (nSPS) is 10.5. The molecule has 25 heavy (non-hydrogen) atoms. The molecule has 0 fully saturated rings. The van der Waals surface area contributed by atoms with Crippen molar-refractivity contribution >= 4 is 11.3 Å². The fourth-order valence-electron chi connectivity index (χ4n) is 2.56. The molecular weight excluding hydrogens is 314 g/mol. The first-order chi connectivity index (χ1) is 12.2. The smallest absolute Gasteiger partial charge is 0.173 e. The Kier molecular flexibility index (Phi) is 3.52. The predicted molar refractivity (Wildman–Crippen MR) is 94.1 cm³/mol. The SMILES string of the molecule is N#Cc1c(-c2ccc(Oc3ccccc3)cc2)nn2cc(N)cnc12. The van der Waals surface area contributed by atoms with E-state index < -0.39 is 0 Å². The van der Waals surface area contributed by atoms with E-state index >= 15 is 0 Å². The zero-order valence-corrected chi connectivity index (χ0v) is 13.1. The van der Waals surface area contributed by atoms with Gasteiger partial charge in [0.25, 0.3) is 0 Å². The van der Waals surface area contributed by atoms with Crippen LogP contribution in [-0.2, 0) is 0 Å². The molecule has 120 valence electrons. The number of hydrogen-bond acceptors (Lipinski definition) is 5. The predicted octanol–water partition coefficient (Wildman–Crippen LogP) is 3.64. The van der Waals surface area contributed by atoms with Gasteiger partial charge in [-0.15, -0.1) is 0 Å². The van der Waals surface area contributed by atoms with Gasteiger partial charge in [0, 0.05) is 5.56 Å². The molecule has 0 radical (unpaired) electrons. The van der Waals surface area contributed by atoms with Crippen LogP contribution < -0.4 is 10.5 Å². The Morgan fingerprint density at radius 1 is 1.00 bits per heavy atom. The minimum absolute atomic E-state index is 0.414. The number of hydrogen-bond donors (Lipinski definition) is 1. The quantitative estimate of drug-likeness (QED) is 0.620. The van der Waals surface area contributed by atoms with Crippen LogP contribution in [0.1, 0.15) is 5.56 Å². The summed E-state index contributed by atoms with van der Waals surface area (Å²) in [5.41, 5.74) is 8.48. The summed E-state index contributed by atoms with van der Waals surface area (Å²) in [5.74, 6) is 1.47. The highest BCUT2D eigenvalue weighted by atomic mass is 16.5. The summed E-state index contributed by atoms with van der Waals surface area (Å²) < 4.78 is 7.31. The van der Waals surface area contributed by atoms with Crippen LogP contribution in [0.4, 0.5) is 5.69 Å². The lowest BCUT2D eigenvalue weighted by Crippen LogP contribution is -1.94. The molecule has 2 aromatic carbocycles. The molecule has 2 N–H and O–H groups in total. The second kappa shape index (κ2) is 5.98. The lowest BCUT2D eigenvalue weighted by atomic mass is 10.1. The van der Waals surface area contributed by atoms with E-state index in [-0.39, 0.29) is 0 Å². The Labute approximate surface area is 143 Å². The fourth-order valence-corrected chi connectivity index (χ4v) is 2.56. The molecule has 0 aliphatic rings. The average molecular weight is 327 g/mol. The number of nitrogen functional groups attached to an aromatic ring is 1. The summed E-state index contributed by atoms with van der Waals surface area (Å²) in [7, 11) is 0. The summed E-state index contributed by atoms with van der Waals surface area (Å²) in [4.78, 5) is 4.20. The third-order valence-electron chi connectivity index (χ3n) is 3.71. The van der Waals surface area contributed by atoms with Gasteiger partial charge in [0.05, 0.1) is 18.1 Å². The average Bonchev–Trinajstić information content (AvgIpc) is 3.00. The number of nitrogens with two attached hydrogens (primary N) is 1. The van der Waals surface area contributed by atoms with Crippen LogP contribution in [0.15, 0.2) is 67.0 Å². The zero-order valence-electron chi connectivity index (χ0n) is 13.1. The topological polar surface area (TPSA) is 89.2 Å². The Morgan fingerprint density at radius 3 is 2.44 bits per heavy atom. The maximum atomic E-state index is 9.49. The molecular formula is C19H13N5O. The van der Waals surface area contributed by atoms with E-state index in [4.69, 9.17) is 10.5 Å². The van der Waals surface area contributed by atoms with Crippen LogP contribution in [0.5, 0.6) is 11.5 Å². The molecule has 0 amide bonds. The van der Waals surface area contributed by atoms with E-state index in [2.05, 4.69) is 16.2 Å². The van der Waals surface area contributed by atoms with E-state index in [1.807, 2.05) is 54.6 Å². The number of anilines is 1. The number of benzene rings is 2. The van der Waals surface area contributed by atoms with Gasteiger partial charge in [-0.2, -0.15) is 10.4 Å². The summed E-state index contributed by atoms with van der Waals surface area (Å²) in [6, 6.07) is 19.1. The molecule has 6 nitrogen and oxygen atoms in total. The van der Waals surface area contributed by atoms with E-state index in [1.165, 1.54) is 10.7 Å². The second-order valence-corrected chi connectivity index (χ2v) is 5.43. The molecule has 0 unspecified atom stereocenters. The first-order valence-corrected chi connectivity index (χ1v) is 7.62. The van der Waals surface area contributed by atoms with Crippen LogP contribution in [0.3, 0.4) is 0 Å². The minimum Gasteiger partial charge on any atom is -0.457 e. The van der Waals surface area contributed by atoms with Gasteiger partial charge in [0.1, 0.15) is 28.8 Å². The van der Waals surface area contributed by atoms with Crippen molar-refractivity contribution in [3.05, 3.63) is 72.6 Å². The van der Waals surface area contributed by atoms with Gasteiger partial charge < -0.3 is 10.5 Å². The number of nitriles is 1. The molecule has 2 heterocycles. The molecule has 0 saturated carbocycles. The summed E-state index contributed by atoms with van der Waals surface area (Å²) in [6.07, 6.45) is 3.15. The molecule has 4 aromatic rings. The zero-order chi connectivity index (χ0) is 17.2. The van der Waals surface area contributed by atoms with Gasteiger partial charge in [-0.1, -0.05) is 18.2 Å². The third kappa shape index (κ3) is 2.75. The monoisotopic (exact) mass is 327 g/mol. The molecule has 0 atom stereocenters. The standard InChI is InChI=1S/C19H13N5O/c20-10-17-18(23-24-12-14(21)11-22-19(17)24)13-6-8-16(9-7-13)25-15-4-2-1-3-5-15/h1-9,11-12H,21H2. The number of aromatic nitrogens is 3.